The molecule has 2 N–H and O–H groups in total. The van der Waals surface area contributed by atoms with Crippen LogP contribution in [-0.4, -0.2) is 31.7 Å². The molecule has 1 aromatic rings. The highest BCUT2D eigenvalue weighted by Gasteiger charge is 2.17. The molecule has 0 bridgehead atoms. The minimum atomic E-state index is -0.352. The third-order valence-electron chi connectivity index (χ3n) is 2.63. The van der Waals surface area contributed by atoms with Crippen molar-refractivity contribution in [3.63, 3.8) is 0 Å². The van der Waals surface area contributed by atoms with Crippen LogP contribution in [0.15, 0.2) is 22.7 Å². The van der Waals surface area contributed by atoms with Crippen molar-refractivity contribution < 1.29 is 13.9 Å². The molecule has 1 amide bonds. The van der Waals surface area contributed by atoms with E-state index in [2.05, 4.69) is 26.6 Å². The van der Waals surface area contributed by atoms with Gasteiger partial charge in [-0.1, -0.05) is 0 Å². The molecule has 1 atom stereocenters. The number of hydrogen-bond donors (Lipinski definition) is 2. The number of rotatable bonds is 3. The molecule has 1 saturated heterocycles. The summed E-state index contributed by atoms with van der Waals surface area (Å²) < 4.78 is 18.6. The number of anilines is 1. The molecular formula is C12H15BrClFN2O2. The monoisotopic (exact) mass is 352 g/mol. The van der Waals surface area contributed by atoms with E-state index in [4.69, 9.17) is 4.74 Å². The fraction of sp³-hybridized carbons (Fsp3) is 0.417. The van der Waals surface area contributed by atoms with Crippen molar-refractivity contribution in [2.24, 2.45) is 0 Å². The minimum Gasteiger partial charge on any atom is -0.378 e. The van der Waals surface area contributed by atoms with Gasteiger partial charge in [-0.05, 0) is 34.1 Å². The normalized spacial score (nSPS) is 18.5. The number of carbonyl (C=O) groups excluding carboxylic acids is 1. The lowest BCUT2D eigenvalue weighted by molar-refractivity contribution is -0.117. The number of hydrogen-bond acceptors (Lipinski definition) is 3. The van der Waals surface area contributed by atoms with Crippen LogP contribution in [0.4, 0.5) is 10.1 Å². The van der Waals surface area contributed by atoms with Crippen LogP contribution < -0.4 is 10.6 Å². The van der Waals surface area contributed by atoms with E-state index in [1.54, 1.807) is 0 Å². The molecule has 1 unspecified atom stereocenters. The van der Waals surface area contributed by atoms with E-state index in [1.165, 1.54) is 18.2 Å². The Bertz CT molecular complexity index is 442. The molecule has 0 aromatic heterocycles. The second-order valence-electron chi connectivity index (χ2n) is 4.11. The SMILES string of the molecule is Cl.O=C(CC1COCCN1)Nc1ccc(F)c(Br)c1. The predicted molar refractivity (Wildman–Crippen MR) is 77.2 cm³/mol. The first-order chi connectivity index (χ1) is 8.65. The van der Waals surface area contributed by atoms with Gasteiger partial charge in [-0.2, -0.15) is 0 Å². The van der Waals surface area contributed by atoms with Crippen molar-refractivity contribution in [3.05, 3.63) is 28.5 Å². The minimum absolute atomic E-state index is 0. The Morgan fingerprint density at radius 2 is 2.37 bits per heavy atom. The van der Waals surface area contributed by atoms with Gasteiger partial charge in [-0.25, -0.2) is 4.39 Å². The molecule has 2 rings (SSSR count). The first-order valence-corrected chi connectivity index (χ1v) is 6.50. The van der Waals surface area contributed by atoms with Crippen molar-refractivity contribution >= 4 is 39.9 Å². The lowest BCUT2D eigenvalue weighted by Crippen LogP contribution is -2.43. The van der Waals surface area contributed by atoms with E-state index < -0.39 is 0 Å². The van der Waals surface area contributed by atoms with Crippen molar-refractivity contribution in [2.45, 2.75) is 12.5 Å². The van der Waals surface area contributed by atoms with Crippen LogP contribution in [0.1, 0.15) is 6.42 Å². The van der Waals surface area contributed by atoms with Gasteiger partial charge in [0.1, 0.15) is 5.82 Å². The summed E-state index contributed by atoms with van der Waals surface area (Å²) in [4.78, 5) is 11.8. The molecule has 1 aliphatic heterocycles. The van der Waals surface area contributed by atoms with Crippen molar-refractivity contribution in [1.29, 1.82) is 0 Å². The van der Waals surface area contributed by atoms with Gasteiger partial charge in [0.2, 0.25) is 5.91 Å². The lowest BCUT2D eigenvalue weighted by Gasteiger charge is -2.23. The quantitative estimate of drug-likeness (QED) is 0.877. The molecule has 1 heterocycles. The summed E-state index contributed by atoms with van der Waals surface area (Å²) >= 11 is 3.08. The van der Waals surface area contributed by atoms with Crippen molar-refractivity contribution in [2.75, 3.05) is 25.1 Å². The maximum atomic E-state index is 13.0. The van der Waals surface area contributed by atoms with Gasteiger partial charge < -0.3 is 15.4 Å². The number of morpholine rings is 1. The van der Waals surface area contributed by atoms with Crippen LogP contribution in [-0.2, 0) is 9.53 Å². The van der Waals surface area contributed by atoms with Crippen LogP contribution in [0.2, 0.25) is 0 Å². The zero-order valence-electron chi connectivity index (χ0n) is 10.1. The first-order valence-electron chi connectivity index (χ1n) is 5.71. The molecule has 0 radical (unpaired) electrons. The fourth-order valence-electron chi connectivity index (χ4n) is 1.76. The Labute approximate surface area is 125 Å². The molecule has 0 aliphatic carbocycles. The van der Waals surface area contributed by atoms with Crippen LogP contribution in [0.5, 0.6) is 0 Å². The van der Waals surface area contributed by atoms with Crippen LogP contribution in [0.3, 0.4) is 0 Å². The number of ether oxygens (including phenoxy) is 1. The lowest BCUT2D eigenvalue weighted by atomic mass is 10.2. The third-order valence-corrected chi connectivity index (χ3v) is 3.24. The first kappa shape index (κ1) is 16.4. The molecule has 7 heteroatoms. The average molecular weight is 354 g/mol. The molecule has 0 spiro atoms. The second kappa shape index (κ2) is 7.79. The highest BCUT2D eigenvalue weighted by atomic mass is 79.9. The number of nitrogens with one attached hydrogen (secondary N) is 2. The van der Waals surface area contributed by atoms with Gasteiger partial charge in [0.25, 0.3) is 0 Å². The molecule has 1 fully saturated rings. The zero-order chi connectivity index (χ0) is 13.0. The average Bonchev–Trinajstić information content (AvgIpc) is 2.35. The number of amides is 1. The van der Waals surface area contributed by atoms with Gasteiger partial charge in [0, 0.05) is 24.7 Å². The standard InChI is InChI=1S/C12H14BrFN2O2.ClH/c13-10-5-8(1-2-11(10)14)16-12(17)6-9-7-18-4-3-15-9;/h1-2,5,9,15H,3-4,6-7H2,(H,16,17);1H. The summed E-state index contributed by atoms with van der Waals surface area (Å²) in [7, 11) is 0. The largest absolute Gasteiger partial charge is 0.378 e. The van der Waals surface area contributed by atoms with E-state index in [0.717, 1.165) is 6.54 Å². The molecule has 0 saturated carbocycles. The van der Waals surface area contributed by atoms with Crippen molar-refractivity contribution in [3.8, 4) is 0 Å². The smallest absolute Gasteiger partial charge is 0.226 e. The third kappa shape index (κ3) is 5.06. The van der Waals surface area contributed by atoms with Crippen LogP contribution in [0, 0.1) is 5.82 Å². The Morgan fingerprint density at radius 1 is 1.58 bits per heavy atom. The van der Waals surface area contributed by atoms with Gasteiger partial charge in [0.15, 0.2) is 0 Å². The van der Waals surface area contributed by atoms with E-state index in [0.29, 0.717) is 29.8 Å². The summed E-state index contributed by atoms with van der Waals surface area (Å²) in [5.74, 6) is -0.466. The van der Waals surface area contributed by atoms with Crippen molar-refractivity contribution in [1.82, 2.24) is 5.32 Å². The Hall–Kier alpha value is -0.690. The summed E-state index contributed by atoms with van der Waals surface area (Å²) in [5, 5.41) is 5.93. The Morgan fingerprint density at radius 3 is 3.00 bits per heavy atom. The van der Waals surface area contributed by atoms with E-state index in [-0.39, 0.29) is 30.2 Å². The van der Waals surface area contributed by atoms with Crippen LogP contribution in [0.25, 0.3) is 0 Å². The van der Waals surface area contributed by atoms with Gasteiger partial charge in [0.05, 0.1) is 17.7 Å². The molecule has 1 aliphatic rings. The summed E-state index contributed by atoms with van der Waals surface area (Å²) in [5.41, 5.74) is 0.574. The molecular weight excluding hydrogens is 338 g/mol. The van der Waals surface area contributed by atoms with Gasteiger partial charge in [-0.3, -0.25) is 4.79 Å². The number of carbonyl (C=O) groups is 1. The molecule has 1 aromatic carbocycles. The summed E-state index contributed by atoms with van der Waals surface area (Å²) in [6, 6.07) is 4.42. The highest BCUT2D eigenvalue weighted by molar-refractivity contribution is 9.10. The second-order valence-corrected chi connectivity index (χ2v) is 4.96. The molecule has 106 valence electrons. The van der Waals surface area contributed by atoms with E-state index in [9.17, 15) is 9.18 Å². The Kier molecular flexibility index (Phi) is 6.71. The summed E-state index contributed by atoms with van der Waals surface area (Å²) in [6.45, 7) is 1.99. The van der Waals surface area contributed by atoms with E-state index in [1.807, 2.05) is 0 Å². The van der Waals surface area contributed by atoms with E-state index >= 15 is 0 Å². The maximum Gasteiger partial charge on any atom is 0.226 e. The number of benzene rings is 1. The Balaban J connectivity index is 0.00000180. The van der Waals surface area contributed by atoms with Gasteiger partial charge in [-0.15, -0.1) is 12.4 Å². The molecule has 4 nitrogen and oxygen atoms in total. The highest BCUT2D eigenvalue weighted by Crippen LogP contribution is 2.20. The topological polar surface area (TPSA) is 50.4 Å². The zero-order valence-corrected chi connectivity index (χ0v) is 12.5. The maximum absolute atomic E-state index is 13.0. The number of halogens is 3. The molecule has 19 heavy (non-hydrogen) atoms. The van der Waals surface area contributed by atoms with Crippen LogP contribution >= 0.6 is 28.3 Å². The fourth-order valence-corrected chi connectivity index (χ4v) is 2.14. The van der Waals surface area contributed by atoms with Gasteiger partial charge >= 0.3 is 0 Å². The predicted octanol–water partition coefficient (Wildman–Crippen LogP) is 2.33. The summed E-state index contributed by atoms with van der Waals surface area (Å²) in [6.07, 6.45) is 0.342.